The Kier molecular flexibility index (Phi) is 8.57. The van der Waals surface area contributed by atoms with Crippen molar-refractivity contribution < 1.29 is 0 Å². The van der Waals surface area contributed by atoms with Crippen LogP contribution in [0.1, 0.15) is 86.0 Å². The molecule has 0 fully saturated rings. The zero-order valence-electron chi connectivity index (χ0n) is 14.7. The number of rotatable bonds is 5. The van der Waals surface area contributed by atoms with Crippen LogP contribution < -0.4 is 0 Å². The lowest BCUT2D eigenvalue weighted by Gasteiger charge is -2.40. The Labute approximate surface area is 128 Å². The van der Waals surface area contributed by atoms with E-state index >= 15 is 0 Å². The lowest BCUT2D eigenvalue weighted by atomic mass is 9.65. The Hall–Kier alpha value is -0.260. The maximum absolute atomic E-state index is 2.57. The summed E-state index contributed by atoms with van der Waals surface area (Å²) in [5.74, 6) is 4.56. The highest BCUT2D eigenvalue weighted by molar-refractivity contribution is 4.95. The van der Waals surface area contributed by atoms with E-state index < -0.39 is 0 Å². The molecular weight excluding hydrogens is 240 g/mol. The summed E-state index contributed by atoms with van der Waals surface area (Å²) in [5.41, 5.74) is 0. The molecule has 0 aromatic carbocycles. The van der Waals surface area contributed by atoms with Gasteiger partial charge < -0.3 is 0 Å². The van der Waals surface area contributed by atoms with Gasteiger partial charge in [-0.25, -0.2) is 0 Å². The van der Waals surface area contributed by atoms with E-state index in [4.69, 9.17) is 0 Å². The Morgan fingerprint density at radius 2 is 1.40 bits per heavy atom. The van der Waals surface area contributed by atoms with Gasteiger partial charge in [-0.15, -0.1) is 0 Å². The monoisotopic (exact) mass is 278 g/mol. The van der Waals surface area contributed by atoms with Crippen molar-refractivity contribution in [3.05, 3.63) is 12.2 Å². The van der Waals surface area contributed by atoms with E-state index in [9.17, 15) is 0 Å². The van der Waals surface area contributed by atoms with Crippen LogP contribution in [0.25, 0.3) is 0 Å². The molecule has 0 amide bonds. The summed E-state index contributed by atoms with van der Waals surface area (Å²) in [5, 5.41) is 0. The summed E-state index contributed by atoms with van der Waals surface area (Å²) in [7, 11) is 0. The first-order valence-corrected chi connectivity index (χ1v) is 9.39. The third kappa shape index (κ3) is 4.37. The number of hydrogen-bond donors (Lipinski definition) is 0. The lowest BCUT2D eigenvalue weighted by Crippen LogP contribution is -2.32. The van der Waals surface area contributed by atoms with Gasteiger partial charge in [0.05, 0.1) is 0 Å². The normalized spacial score (nSPS) is 37.5. The molecule has 0 bridgehead atoms. The molecule has 0 aliphatic heterocycles. The van der Waals surface area contributed by atoms with Gasteiger partial charge in [0.1, 0.15) is 0 Å². The van der Waals surface area contributed by atoms with Crippen LogP contribution >= 0.6 is 0 Å². The zero-order valence-corrected chi connectivity index (χ0v) is 14.7. The highest BCUT2D eigenvalue weighted by Gasteiger charge is 2.33. The second-order valence-corrected chi connectivity index (χ2v) is 6.82. The molecule has 0 heterocycles. The van der Waals surface area contributed by atoms with Crippen molar-refractivity contribution in [1.29, 1.82) is 0 Å². The minimum absolute atomic E-state index is 0.814. The maximum atomic E-state index is 2.57. The van der Waals surface area contributed by atoms with Gasteiger partial charge in [0.15, 0.2) is 0 Å². The van der Waals surface area contributed by atoms with Gasteiger partial charge in [-0.05, 0) is 55.3 Å². The first-order valence-electron chi connectivity index (χ1n) is 9.39. The Balaban J connectivity index is 3.06. The Bertz CT molecular complexity index is 265. The first-order chi connectivity index (χ1) is 9.73. The fraction of sp³-hybridized carbons (Fsp3) is 0.900. The summed E-state index contributed by atoms with van der Waals surface area (Å²) in [6.07, 6.45) is 16.0. The van der Waals surface area contributed by atoms with Crippen LogP contribution in [0, 0.1) is 29.6 Å². The summed E-state index contributed by atoms with van der Waals surface area (Å²) in [6.45, 7) is 12.1. The Morgan fingerprint density at radius 1 is 0.750 bits per heavy atom. The van der Waals surface area contributed by atoms with Crippen molar-refractivity contribution in [2.45, 2.75) is 86.0 Å². The molecule has 118 valence electrons. The standard InChI is InChI=1S/C20H38/c1-6-16-14-12-11-13-15-17(7-2)19(9-4)20(10-5)18(16)8-3/h12,14,16-20H,6-11,13,15H2,1-5H3/b14-12-. The van der Waals surface area contributed by atoms with Crippen LogP contribution in [-0.4, -0.2) is 0 Å². The number of allylic oxidation sites excluding steroid dienone is 2. The van der Waals surface area contributed by atoms with E-state index in [0.29, 0.717) is 0 Å². The minimum atomic E-state index is 0.814. The molecule has 5 unspecified atom stereocenters. The molecule has 0 N–H and O–H groups in total. The van der Waals surface area contributed by atoms with Crippen molar-refractivity contribution in [3.8, 4) is 0 Å². The molecule has 0 spiro atoms. The SMILES string of the molecule is CCC1/C=C\CCCC(CC)C(CC)C(CC)C1CC. The third-order valence-corrected chi connectivity index (χ3v) is 5.99. The van der Waals surface area contributed by atoms with Crippen molar-refractivity contribution in [2.24, 2.45) is 29.6 Å². The first kappa shape index (κ1) is 17.8. The van der Waals surface area contributed by atoms with Gasteiger partial charge in [-0.2, -0.15) is 0 Å². The van der Waals surface area contributed by atoms with Crippen molar-refractivity contribution in [3.63, 3.8) is 0 Å². The van der Waals surface area contributed by atoms with Crippen LogP contribution in [0.2, 0.25) is 0 Å². The molecule has 0 saturated heterocycles. The van der Waals surface area contributed by atoms with E-state index in [-0.39, 0.29) is 0 Å². The van der Waals surface area contributed by atoms with Gasteiger partial charge in [-0.3, -0.25) is 0 Å². The van der Waals surface area contributed by atoms with Crippen molar-refractivity contribution in [2.75, 3.05) is 0 Å². The van der Waals surface area contributed by atoms with Gasteiger partial charge in [0.2, 0.25) is 0 Å². The zero-order chi connectivity index (χ0) is 15.0. The van der Waals surface area contributed by atoms with Crippen molar-refractivity contribution in [1.82, 2.24) is 0 Å². The van der Waals surface area contributed by atoms with Gasteiger partial charge in [-0.1, -0.05) is 72.5 Å². The topological polar surface area (TPSA) is 0 Å². The van der Waals surface area contributed by atoms with E-state index in [1.54, 1.807) is 0 Å². The molecule has 0 aromatic heterocycles. The minimum Gasteiger partial charge on any atom is -0.0882 e. The van der Waals surface area contributed by atoms with Crippen LogP contribution in [0.3, 0.4) is 0 Å². The maximum Gasteiger partial charge on any atom is -0.0205 e. The molecule has 1 rings (SSSR count). The molecule has 5 atom stereocenters. The lowest BCUT2D eigenvalue weighted by molar-refractivity contribution is 0.107. The molecule has 0 saturated carbocycles. The second kappa shape index (κ2) is 9.64. The predicted molar refractivity (Wildman–Crippen MR) is 91.9 cm³/mol. The van der Waals surface area contributed by atoms with E-state index in [2.05, 4.69) is 46.8 Å². The quantitative estimate of drug-likeness (QED) is 0.482. The van der Waals surface area contributed by atoms with E-state index in [1.165, 1.54) is 51.4 Å². The summed E-state index contributed by atoms with van der Waals surface area (Å²) >= 11 is 0. The molecule has 0 radical (unpaired) electrons. The second-order valence-electron chi connectivity index (χ2n) is 6.82. The number of hydrogen-bond acceptors (Lipinski definition) is 0. The molecule has 20 heavy (non-hydrogen) atoms. The smallest absolute Gasteiger partial charge is 0.0205 e. The average molecular weight is 279 g/mol. The fourth-order valence-corrected chi connectivity index (χ4v) is 4.90. The summed E-state index contributed by atoms with van der Waals surface area (Å²) < 4.78 is 0. The van der Waals surface area contributed by atoms with Gasteiger partial charge in [0, 0.05) is 0 Å². The average Bonchev–Trinajstić information content (AvgIpc) is 2.49. The molecule has 0 heteroatoms. The van der Waals surface area contributed by atoms with Crippen LogP contribution in [0.4, 0.5) is 0 Å². The van der Waals surface area contributed by atoms with E-state index in [0.717, 1.165) is 29.6 Å². The third-order valence-electron chi connectivity index (χ3n) is 5.99. The molecule has 1 aliphatic carbocycles. The Morgan fingerprint density at radius 3 is 1.90 bits per heavy atom. The summed E-state index contributed by atoms with van der Waals surface area (Å²) in [4.78, 5) is 0. The van der Waals surface area contributed by atoms with Gasteiger partial charge >= 0.3 is 0 Å². The largest absolute Gasteiger partial charge is 0.0882 e. The van der Waals surface area contributed by atoms with E-state index in [1.807, 2.05) is 0 Å². The molecule has 0 nitrogen and oxygen atoms in total. The van der Waals surface area contributed by atoms with Crippen LogP contribution in [0.15, 0.2) is 12.2 Å². The summed E-state index contributed by atoms with van der Waals surface area (Å²) in [6, 6.07) is 0. The van der Waals surface area contributed by atoms with Crippen LogP contribution in [-0.2, 0) is 0 Å². The van der Waals surface area contributed by atoms with Gasteiger partial charge in [0.25, 0.3) is 0 Å². The van der Waals surface area contributed by atoms with Crippen LogP contribution in [0.5, 0.6) is 0 Å². The molecular formula is C20H38. The van der Waals surface area contributed by atoms with Crippen molar-refractivity contribution >= 4 is 0 Å². The fourth-order valence-electron chi connectivity index (χ4n) is 4.90. The predicted octanol–water partition coefficient (Wildman–Crippen LogP) is 6.86. The molecule has 1 aliphatic rings. The highest BCUT2D eigenvalue weighted by Crippen LogP contribution is 2.42. The molecule has 0 aromatic rings. The highest BCUT2D eigenvalue weighted by atomic mass is 14.4.